The van der Waals surface area contributed by atoms with Crippen LogP contribution in [0.2, 0.25) is 5.02 Å². The Hall–Kier alpha value is -1.79. The van der Waals surface area contributed by atoms with Crippen molar-refractivity contribution in [2.45, 2.75) is 43.6 Å². The number of carbonyl (C=O) groups excluding carboxylic acids is 1. The van der Waals surface area contributed by atoms with Crippen LogP contribution in [0.5, 0.6) is 0 Å². The molecule has 156 valence electrons. The van der Waals surface area contributed by atoms with Gasteiger partial charge in [-0.15, -0.1) is 0 Å². The number of aliphatic hydroxyl groups is 1. The van der Waals surface area contributed by atoms with Crippen LogP contribution in [0.25, 0.3) is 0 Å². The van der Waals surface area contributed by atoms with Crippen LogP contribution in [-0.4, -0.2) is 53.9 Å². The van der Waals surface area contributed by atoms with Crippen molar-refractivity contribution in [3.63, 3.8) is 0 Å². The van der Waals surface area contributed by atoms with E-state index in [2.05, 4.69) is 5.32 Å². The van der Waals surface area contributed by atoms with Gasteiger partial charge in [-0.1, -0.05) is 54.1 Å². The number of alkyl halides is 1. The van der Waals surface area contributed by atoms with Gasteiger partial charge in [0.25, 0.3) is 0 Å². The maximum absolute atomic E-state index is 15.0. The lowest BCUT2D eigenvalue weighted by atomic mass is 9.85. The van der Waals surface area contributed by atoms with Crippen LogP contribution in [0.3, 0.4) is 0 Å². The average Bonchev–Trinajstić information content (AvgIpc) is 2.74. The fourth-order valence-corrected chi connectivity index (χ4v) is 4.01. The fourth-order valence-electron chi connectivity index (χ4n) is 3.88. The Balaban J connectivity index is 1.54. The molecule has 0 bridgehead atoms. The molecule has 0 aromatic heterocycles. The lowest BCUT2D eigenvalue weighted by molar-refractivity contribution is -0.0522. The SMILES string of the molecule is CNC(CC(F)N1CCC(O)(Cc2ccc(Cl)cc2)CC1)C(=O)c1ccccc1. The number of ketones is 1. The van der Waals surface area contributed by atoms with Gasteiger partial charge in [-0.2, -0.15) is 0 Å². The monoisotopic (exact) mass is 418 g/mol. The van der Waals surface area contributed by atoms with Gasteiger partial charge in [0, 0.05) is 36.5 Å². The minimum atomic E-state index is -1.24. The van der Waals surface area contributed by atoms with Crippen LogP contribution < -0.4 is 5.32 Å². The summed E-state index contributed by atoms with van der Waals surface area (Å²) < 4.78 is 15.0. The molecule has 4 nitrogen and oxygen atoms in total. The zero-order valence-corrected chi connectivity index (χ0v) is 17.4. The van der Waals surface area contributed by atoms with E-state index in [4.69, 9.17) is 11.6 Å². The average molecular weight is 419 g/mol. The second-order valence-corrected chi connectivity index (χ2v) is 8.24. The Labute approximate surface area is 176 Å². The van der Waals surface area contributed by atoms with Crippen LogP contribution >= 0.6 is 11.6 Å². The number of piperidine rings is 1. The molecule has 0 spiro atoms. The maximum atomic E-state index is 15.0. The first-order valence-corrected chi connectivity index (χ1v) is 10.4. The second-order valence-electron chi connectivity index (χ2n) is 7.81. The van der Waals surface area contributed by atoms with Crippen LogP contribution in [0, 0.1) is 0 Å². The van der Waals surface area contributed by atoms with E-state index in [1.165, 1.54) is 0 Å². The summed E-state index contributed by atoms with van der Waals surface area (Å²) in [6.07, 6.45) is 0.362. The molecule has 0 radical (unpaired) electrons. The number of halogens is 2. The van der Waals surface area contributed by atoms with Gasteiger partial charge in [0.2, 0.25) is 0 Å². The van der Waals surface area contributed by atoms with E-state index >= 15 is 0 Å². The Morgan fingerprint density at radius 2 is 1.79 bits per heavy atom. The highest BCUT2D eigenvalue weighted by Gasteiger charge is 2.36. The molecule has 6 heteroatoms. The predicted octanol–water partition coefficient (Wildman–Crippen LogP) is 3.87. The molecule has 1 heterocycles. The zero-order chi connectivity index (χ0) is 20.9. The number of benzene rings is 2. The maximum Gasteiger partial charge on any atom is 0.179 e. The number of nitrogens with one attached hydrogen (secondary N) is 1. The van der Waals surface area contributed by atoms with Crippen molar-refractivity contribution >= 4 is 17.4 Å². The van der Waals surface area contributed by atoms with Gasteiger partial charge in [-0.3, -0.25) is 9.69 Å². The molecule has 29 heavy (non-hydrogen) atoms. The molecule has 2 atom stereocenters. The molecule has 2 unspecified atom stereocenters. The molecule has 1 aliphatic rings. The quantitative estimate of drug-likeness (QED) is 0.504. The Kier molecular flexibility index (Phi) is 7.41. The second kappa shape index (κ2) is 9.81. The third-order valence-corrected chi connectivity index (χ3v) is 5.98. The Morgan fingerprint density at radius 3 is 2.38 bits per heavy atom. The minimum Gasteiger partial charge on any atom is -0.389 e. The molecule has 0 amide bonds. The summed E-state index contributed by atoms with van der Waals surface area (Å²) in [6.45, 7) is 0.919. The molecule has 2 aromatic rings. The normalized spacial score (nSPS) is 18.9. The first-order chi connectivity index (χ1) is 13.9. The third kappa shape index (κ3) is 5.86. The van der Waals surface area contributed by atoms with E-state index in [-0.39, 0.29) is 12.2 Å². The standard InChI is InChI=1S/C23H28ClFN2O2/c1-26-20(22(28)18-5-3-2-4-6-18)15-21(25)27-13-11-23(29,12-14-27)16-17-7-9-19(24)10-8-17/h2-10,20-21,26,29H,11-16H2,1H3. The summed E-state index contributed by atoms with van der Waals surface area (Å²) in [7, 11) is 1.68. The number of rotatable bonds is 8. The molecule has 2 aromatic carbocycles. The number of hydrogen-bond acceptors (Lipinski definition) is 4. The number of carbonyl (C=O) groups is 1. The highest BCUT2D eigenvalue weighted by Crippen LogP contribution is 2.29. The highest BCUT2D eigenvalue weighted by molar-refractivity contribution is 6.30. The summed E-state index contributed by atoms with van der Waals surface area (Å²) in [6, 6.07) is 15.8. The zero-order valence-electron chi connectivity index (χ0n) is 16.7. The van der Waals surface area contributed by atoms with Crippen molar-refractivity contribution in [3.05, 3.63) is 70.7 Å². The van der Waals surface area contributed by atoms with Gasteiger partial charge < -0.3 is 10.4 Å². The van der Waals surface area contributed by atoms with Gasteiger partial charge in [-0.25, -0.2) is 4.39 Å². The smallest absolute Gasteiger partial charge is 0.179 e. The molecule has 2 N–H and O–H groups in total. The van der Waals surface area contributed by atoms with Crippen molar-refractivity contribution in [1.82, 2.24) is 10.2 Å². The van der Waals surface area contributed by atoms with Gasteiger partial charge >= 0.3 is 0 Å². The van der Waals surface area contributed by atoms with Gasteiger partial charge in [-0.05, 0) is 37.6 Å². The number of nitrogens with zero attached hydrogens (tertiary/aromatic N) is 1. The van der Waals surface area contributed by atoms with Crippen LogP contribution in [-0.2, 0) is 6.42 Å². The molecule has 1 aliphatic heterocycles. The molecule has 0 aliphatic carbocycles. The van der Waals surface area contributed by atoms with Crippen molar-refractivity contribution < 1.29 is 14.3 Å². The van der Waals surface area contributed by atoms with Crippen LogP contribution in [0.4, 0.5) is 4.39 Å². The topological polar surface area (TPSA) is 52.6 Å². The molecule has 0 saturated carbocycles. The number of likely N-dealkylation sites (N-methyl/N-ethyl adjacent to an activating group) is 1. The van der Waals surface area contributed by atoms with Gasteiger partial charge in [0.1, 0.15) is 0 Å². The van der Waals surface area contributed by atoms with E-state index in [9.17, 15) is 14.3 Å². The highest BCUT2D eigenvalue weighted by atomic mass is 35.5. The van der Waals surface area contributed by atoms with E-state index in [1.807, 2.05) is 30.3 Å². The summed E-state index contributed by atoms with van der Waals surface area (Å²) in [5.74, 6) is -0.105. The lowest BCUT2D eigenvalue weighted by Crippen LogP contribution is -2.50. The third-order valence-electron chi connectivity index (χ3n) is 5.72. The van der Waals surface area contributed by atoms with E-state index in [0.717, 1.165) is 5.56 Å². The van der Waals surface area contributed by atoms with Gasteiger partial charge in [0.05, 0.1) is 11.6 Å². The van der Waals surface area contributed by atoms with Crippen molar-refractivity contribution in [2.75, 3.05) is 20.1 Å². The first-order valence-electron chi connectivity index (χ1n) is 10.0. The van der Waals surface area contributed by atoms with E-state index in [0.29, 0.717) is 42.9 Å². The van der Waals surface area contributed by atoms with Crippen LogP contribution in [0.15, 0.2) is 54.6 Å². The molecular weight excluding hydrogens is 391 g/mol. The van der Waals surface area contributed by atoms with E-state index in [1.54, 1.807) is 36.2 Å². The number of Topliss-reactive ketones (excluding diaryl/α,β-unsaturated/α-hetero) is 1. The summed E-state index contributed by atoms with van der Waals surface area (Å²) in [4.78, 5) is 14.3. The predicted molar refractivity (Wildman–Crippen MR) is 114 cm³/mol. The molecular formula is C23H28ClFN2O2. The lowest BCUT2D eigenvalue weighted by Gasteiger charge is -2.40. The Bertz CT molecular complexity index is 792. The van der Waals surface area contributed by atoms with E-state index < -0.39 is 17.9 Å². The largest absolute Gasteiger partial charge is 0.389 e. The summed E-state index contributed by atoms with van der Waals surface area (Å²) in [5, 5.41) is 14.5. The molecule has 1 saturated heterocycles. The van der Waals surface area contributed by atoms with Gasteiger partial charge in [0.15, 0.2) is 12.1 Å². The fraction of sp³-hybridized carbons (Fsp3) is 0.435. The van der Waals surface area contributed by atoms with Crippen LogP contribution in [0.1, 0.15) is 35.2 Å². The Morgan fingerprint density at radius 1 is 1.17 bits per heavy atom. The summed E-state index contributed by atoms with van der Waals surface area (Å²) >= 11 is 5.92. The number of likely N-dealkylation sites (tertiary alicyclic amines) is 1. The molecule has 1 fully saturated rings. The molecule has 3 rings (SSSR count). The van der Waals surface area contributed by atoms with Crippen molar-refractivity contribution in [1.29, 1.82) is 0 Å². The van der Waals surface area contributed by atoms with Crippen molar-refractivity contribution in [3.8, 4) is 0 Å². The minimum absolute atomic E-state index is 0.0832. The first kappa shape index (κ1) is 21.9. The summed E-state index contributed by atoms with van der Waals surface area (Å²) in [5.41, 5.74) is 0.757. The van der Waals surface area contributed by atoms with Crippen molar-refractivity contribution in [2.24, 2.45) is 0 Å². The number of hydrogen-bond donors (Lipinski definition) is 2.